The average molecular weight is 560 g/mol. The fourth-order valence-electron chi connectivity index (χ4n) is 4.47. The van der Waals surface area contributed by atoms with Crippen LogP contribution in [-0.4, -0.2) is 39.9 Å². The second kappa shape index (κ2) is 12.2. The Labute approximate surface area is 237 Å². The molecule has 1 saturated heterocycles. The molecule has 0 aromatic heterocycles. The maximum atomic E-state index is 13.7. The highest BCUT2D eigenvalue weighted by atomic mass is 35.5. The van der Waals surface area contributed by atoms with E-state index in [1.807, 2.05) is 0 Å². The van der Waals surface area contributed by atoms with Gasteiger partial charge in [-0.2, -0.15) is 0 Å². The molecular weight excluding hydrogens is 533 g/mol. The van der Waals surface area contributed by atoms with Crippen molar-refractivity contribution < 1.29 is 19.8 Å². The van der Waals surface area contributed by atoms with Crippen molar-refractivity contribution in [3.63, 3.8) is 0 Å². The Hall–Kier alpha value is -4.06. The number of hydrogen-bond acceptors (Lipinski definition) is 4. The van der Waals surface area contributed by atoms with Crippen molar-refractivity contribution in [2.75, 3.05) is 13.1 Å². The van der Waals surface area contributed by atoms with Crippen LogP contribution in [0.1, 0.15) is 32.6 Å². The van der Waals surface area contributed by atoms with E-state index in [1.54, 1.807) is 78.9 Å². The Balaban J connectivity index is 1.79. The number of Topliss-reactive ketones (excluding diaryl/α,β-unsaturated/α-hetero) is 1. The van der Waals surface area contributed by atoms with Gasteiger partial charge in [0.05, 0.1) is 28.7 Å². The molecule has 3 aromatic rings. The van der Waals surface area contributed by atoms with Gasteiger partial charge in [-0.3, -0.25) is 9.59 Å². The third kappa shape index (κ3) is 6.33. The molecule has 0 spiro atoms. The fraction of sp³-hybridized carbons (Fsp3) is 0.125. The Bertz CT molecular complexity index is 1440. The number of halogens is 2. The van der Waals surface area contributed by atoms with Gasteiger partial charge < -0.3 is 15.1 Å². The zero-order chi connectivity index (χ0) is 28.1. The van der Waals surface area contributed by atoms with Gasteiger partial charge in [0.1, 0.15) is 11.5 Å². The van der Waals surface area contributed by atoms with Crippen LogP contribution >= 0.6 is 23.2 Å². The molecule has 39 heavy (non-hydrogen) atoms. The van der Waals surface area contributed by atoms with Crippen LogP contribution in [0.25, 0.3) is 12.2 Å². The minimum atomic E-state index is -0.397. The summed E-state index contributed by atoms with van der Waals surface area (Å²) in [5, 5.41) is 20.8. The number of allylic oxidation sites excluding steroid dienone is 2. The Morgan fingerprint density at radius 2 is 1.28 bits per heavy atom. The summed E-state index contributed by atoms with van der Waals surface area (Å²) in [4.78, 5) is 28.8. The highest BCUT2D eigenvalue weighted by Gasteiger charge is 2.31. The molecular formula is C32H27Cl2NO4. The number of carbonyl (C=O) groups excluding carboxylic acids is 2. The molecule has 1 amide bonds. The number of phenols is 2. The predicted octanol–water partition coefficient (Wildman–Crippen LogP) is 7.05. The number of benzene rings is 3. The third-order valence-corrected chi connectivity index (χ3v) is 7.02. The zero-order valence-corrected chi connectivity index (χ0v) is 22.7. The van der Waals surface area contributed by atoms with Gasteiger partial charge in [0.25, 0.3) is 5.91 Å². The summed E-state index contributed by atoms with van der Waals surface area (Å²) in [7, 11) is 0. The number of nitrogens with zero attached hydrogens (tertiary/aromatic N) is 1. The SMILES string of the molecule is C=CCc1cc(/C=C2\CN(C(=O)c3c(Cl)cccc3Cl)C/C(=C\c3ccc(O)c(CC=C)c3)C2=O)ccc1O. The van der Waals surface area contributed by atoms with E-state index in [1.165, 1.54) is 4.90 Å². The van der Waals surface area contributed by atoms with Crippen LogP contribution in [0, 0.1) is 0 Å². The number of piperidine rings is 1. The smallest absolute Gasteiger partial charge is 0.257 e. The molecule has 0 unspecified atom stereocenters. The quantitative estimate of drug-likeness (QED) is 0.240. The standard InChI is InChI=1S/C32H27Cl2NO4/c1-3-6-22-14-20(10-12-28(22)36)16-24-18-35(32(39)30-26(33)8-5-9-27(30)34)19-25(31(24)38)17-21-11-13-29(37)23(15-21)7-4-2/h3-5,8-17,36-37H,1-2,6-7,18-19H2/b24-16+,25-17+. The van der Waals surface area contributed by atoms with Gasteiger partial charge in [0.15, 0.2) is 5.78 Å². The number of amides is 1. The summed E-state index contributed by atoms with van der Waals surface area (Å²) in [6.07, 6.45) is 7.73. The van der Waals surface area contributed by atoms with Crippen LogP contribution < -0.4 is 0 Å². The van der Waals surface area contributed by atoms with E-state index in [-0.39, 0.29) is 46.0 Å². The van der Waals surface area contributed by atoms with Crippen LogP contribution in [0.5, 0.6) is 11.5 Å². The minimum Gasteiger partial charge on any atom is -0.508 e. The van der Waals surface area contributed by atoms with E-state index < -0.39 is 5.91 Å². The molecule has 198 valence electrons. The van der Waals surface area contributed by atoms with Crippen LogP contribution in [0.4, 0.5) is 0 Å². The van der Waals surface area contributed by atoms with Crippen LogP contribution in [0.15, 0.2) is 91.1 Å². The first-order valence-electron chi connectivity index (χ1n) is 12.3. The van der Waals surface area contributed by atoms with E-state index >= 15 is 0 Å². The second-order valence-electron chi connectivity index (χ2n) is 9.19. The summed E-state index contributed by atoms with van der Waals surface area (Å²) in [6.45, 7) is 7.54. The van der Waals surface area contributed by atoms with Crippen molar-refractivity contribution in [2.45, 2.75) is 12.8 Å². The van der Waals surface area contributed by atoms with Crippen molar-refractivity contribution in [1.29, 1.82) is 0 Å². The largest absolute Gasteiger partial charge is 0.508 e. The first-order valence-corrected chi connectivity index (χ1v) is 13.0. The average Bonchev–Trinajstić information content (AvgIpc) is 2.90. The molecule has 0 radical (unpaired) electrons. The van der Waals surface area contributed by atoms with Crippen LogP contribution in [0.2, 0.25) is 10.0 Å². The Kier molecular flexibility index (Phi) is 8.75. The van der Waals surface area contributed by atoms with E-state index in [4.69, 9.17) is 23.2 Å². The number of likely N-dealkylation sites (tertiary alicyclic amines) is 1. The molecule has 2 N–H and O–H groups in total. The first kappa shape index (κ1) is 28.0. The lowest BCUT2D eigenvalue weighted by Gasteiger charge is -2.30. The summed E-state index contributed by atoms with van der Waals surface area (Å²) < 4.78 is 0. The molecule has 0 bridgehead atoms. The maximum absolute atomic E-state index is 13.7. The van der Waals surface area contributed by atoms with Crippen molar-refractivity contribution >= 4 is 47.0 Å². The molecule has 5 nitrogen and oxygen atoms in total. The second-order valence-corrected chi connectivity index (χ2v) is 10.0. The molecule has 1 fully saturated rings. The lowest BCUT2D eigenvalue weighted by atomic mass is 9.93. The van der Waals surface area contributed by atoms with Gasteiger partial charge in [-0.15, -0.1) is 13.2 Å². The van der Waals surface area contributed by atoms with Gasteiger partial charge in [-0.05, 0) is 83.6 Å². The topological polar surface area (TPSA) is 77.8 Å². The van der Waals surface area contributed by atoms with Gasteiger partial charge >= 0.3 is 0 Å². The number of hydrogen-bond donors (Lipinski definition) is 2. The number of carbonyl (C=O) groups is 2. The van der Waals surface area contributed by atoms with E-state index in [0.717, 1.165) is 0 Å². The molecule has 3 aromatic carbocycles. The minimum absolute atomic E-state index is 0.0471. The molecule has 1 aliphatic heterocycles. The summed E-state index contributed by atoms with van der Waals surface area (Å²) in [5.41, 5.74) is 3.71. The van der Waals surface area contributed by atoms with E-state index in [9.17, 15) is 19.8 Å². The van der Waals surface area contributed by atoms with Gasteiger partial charge in [-0.1, -0.05) is 53.6 Å². The van der Waals surface area contributed by atoms with Gasteiger partial charge in [-0.25, -0.2) is 0 Å². The highest BCUT2D eigenvalue weighted by molar-refractivity contribution is 6.39. The number of rotatable bonds is 7. The Morgan fingerprint density at radius 3 is 1.72 bits per heavy atom. The van der Waals surface area contributed by atoms with Gasteiger partial charge in [0.2, 0.25) is 0 Å². The number of aromatic hydroxyl groups is 2. The fourth-order valence-corrected chi connectivity index (χ4v) is 5.03. The van der Waals surface area contributed by atoms with Crippen molar-refractivity contribution in [3.8, 4) is 11.5 Å². The lowest BCUT2D eigenvalue weighted by molar-refractivity contribution is -0.113. The van der Waals surface area contributed by atoms with E-state index in [2.05, 4.69) is 13.2 Å². The zero-order valence-electron chi connectivity index (χ0n) is 21.2. The number of ketones is 1. The number of phenolic OH excluding ortho intramolecular Hbond substituents is 2. The first-order chi connectivity index (χ1) is 18.7. The normalized spacial score (nSPS) is 15.5. The lowest BCUT2D eigenvalue weighted by Crippen LogP contribution is -2.41. The van der Waals surface area contributed by atoms with Crippen molar-refractivity contribution in [3.05, 3.63) is 129 Å². The molecule has 1 aliphatic rings. The van der Waals surface area contributed by atoms with Gasteiger partial charge in [0, 0.05) is 11.1 Å². The maximum Gasteiger partial charge on any atom is 0.257 e. The highest BCUT2D eigenvalue weighted by Crippen LogP contribution is 2.30. The summed E-state index contributed by atoms with van der Waals surface area (Å²) in [5.74, 6) is -0.326. The predicted molar refractivity (Wildman–Crippen MR) is 157 cm³/mol. The Morgan fingerprint density at radius 1 is 0.821 bits per heavy atom. The van der Waals surface area contributed by atoms with Crippen molar-refractivity contribution in [2.24, 2.45) is 0 Å². The molecule has 1 heterocycles. The van der Waals surface area contributed by atoms with Crippen LogP contribution in [0.3, 0.4) is 0 Å². The third-order valence-electron chi connectivity index (χ3n) is 6.39. The summed E-state index contributed by atoms with van der Waals surface area (Å²) in [6, 6.07) is 15.0. The molecule has 0 atom stereocenters. The van der Waals surface area contributed by atoms with Crippen molar-refractivity contribution in [1.82, 2.24) is 4.90 Å². The monoisotopic (exact) mass is 559 g/mol. The molecule has 4 rings (SSSR count). The van der Waals surface area contributed by atoms with E-state index in [0.29, 0.717) is 46.2 Å². The van der Waals surface area contributed by atoms with Crippen LogP contribution in [-0.2, 0) is 17.6 Å². The molecule has 0 aliphatic carbocycles. The molecule has 0 saturated carbocycles. The summed E-state index contributed by atoms with van der Waals surface area (Å²) >= 11 is 12.7. The molecule has 7 heteroatoms.